The summed E-state index contributed by atoms with van der Waals surface area (Å²) in [5.41, 5.74) is 0.839. The second-order valence-corrected chi connectivity index (χ2v) is 7.86. The maximum absolute atomic E-state index is 14.6. The Balaban J connectivity index is 1.38. The first-order valence-electron chi connectivity index (χ1n) is 11.1. The van der Waals surface area contributed by atoms with E-state index in [2.05, 4.69) is 30.6 Å². The quantitative estimate of drug-likeness (QED) is 0.478. The molecule has 0 aliphatic carbocycles. The number of nitrogens with one attached hydrogen (secondary N) is 2. The highest BCUT2D eigenvalue weighted by Crippen LogP contribution is 2.24. The standard InChI is InChI=1S/C23H24F2N8O2/c24-18-12-17(2-3-20(18)30-21(34)4-7-32-8-10-35-11-9-32)29-23-27-14-19(25)22(31-23)16-13-28-33(15-16)6-1-5-26/h2-3,12-15H,1,4,6-11H2,(H,30,34)(H,27,29,31). The fourth-order valence-electron chi connectivity index (χ4n) is 3.52. The summed E-state index contributed by atoms with van der Waals surface area (Å²) in [7, 11) is 0. The summed E-state index contributed by atoms with van der Waals surface area (Å²) >= 11 is 0. The van der Waals surface area contributed by atoms with Gasteiger partial charge in [-0.25, -0.2) is 18.7 Å². The molecule has 10 nitrogen and oxygen atoms in total. The van der Waals surface area contributed by atoms with E-state index < -0.39 is 11.6 Å². The predicted octanol–water partition coefficient (Wildman–Crippen LogP) is 2.94. The molecule has 1 saturated heterocycles. The summed E-state index contributed by atoms with van der Waals surface area (Å²) in [6, 6.07) is 6.22. The van der Waals surface area contributed by atoms with Gasteiger partial charge in [-0.1, -0.05) is 0 Å². The van der Waals surface area contributed by atoms with Crippen LogP contribution in [-0.4, -0.2) is 63.4 Å². The van der Waals surface area contributed by atoms with E-state index in [4.69, 9.17) is 10.00 Å². The van der Waals surface area contributed by atoms with E-state index in [0.717, 1.165) is 19.3 Å². The molecular formula is C23H24F2N8O2. The lowest BCUT2D eigenvalue weighted by Crippen LogP contribution is -2.38. The Morgan fingerprint density at radius 1 is 1.17 bits per heavy atom. The Labute approximate surface area is 200 Å². The van der Waals surface area contributed by atoms with Crippen LogP contribution in [0.25, 0.3) is 11.3 Å². The van der Waals surface area contributed by atoms with Crippen molar-refractivity contribution in [1.82, 2.24) is 24.6 Å². The minimum atomic E-state index is -0.642. The highest BCUT2D eigenvalue weighted by atomic mass is 19.1. The van der Waals surface area contributed by atoms with Crippen LogP contribution in [-0.2, 0) is 16.1 Å². The van der Waals surface area contributed by atoms with E-state index in [-0.39, 0.29) is 36.1 Å². The number of carbonyl (C=O) groups is 1. The number of ether oxygens (including phenoxy) is 1. The fraction of sp³-hybridized carbons (Fsp3) is 0.348. The van der Waals surface area contributed by atoms with E-state index in [9.17, 15) is 13.6 Å². The molecule has 0 spiro atoms. The van der Waals surface area contributed by atoms with E-state index in [0.29, 0.717) is 37.6 Å². The number of nitrogens with zero attached hydrogens (tertiary/aromatic N) is 6. The van der Waals surface area contributed by atoms with Gasteiger partial charge >= 0.3 is 0 Å². The molecule has 0 atom stereocenters. The zero-order valence-electron chi connectivity index (χ0n) is 18.9. The third-order valence-corrected chi connectivity index (χ3v) is 5.36. The number of anilines is 3. The first-order chi connectivity index (χ1) is 17.0. The number of nitriles is 1. The average Bonchev–Trinajstić information content (AvgIpc) is 3.34. The second-order valence-electron chi connectivity index (χ2n) is 7.86. The molecule has 3 heterocycles. The van der Waals surface area contributed by atoms with Crippen molar-refractivity contribution in [1.29, 1.82) is 5.26 Å². The van der Waals surface area contributed by atoms with Gasteiger partial charge in [-0.05, 0) is 18.2 Å². The maximum atomic E-state index is 14.6. The zero-order valence-corrected chi connectivity index (χ0v) is 18.9. The van der Waals surface area contributed by atoms with Crippen molar-refractivity contribution in [2.24, 2.45) is 0 Å². The van der Waals surface area contributed by atoms with Crippen molar-refractivity contribution < 1.29 is 18.3 Å². The van der Waals surface area contributed by atoms with Gasteiger partial charge < -0.3 is 15.4 Å². The molecule has 0 unspecified atom stereocenters. The summed E-state index contributed by atoms with van der Waals surface area (Å²) < 4.78 is 35.7. The molecule has 1 amide bonds. The molecule has 4 rings (SSSR count). The van der Waals surface area contributed by atoms with Gasteiger partial charge in [0.05, 0.1) is 50.3 Å². The summed E-state index contributed by atoms with van der Waals surface area (Å²) in [5, 5.41) is 18.2. The molecule has 12 heteroatoms. The number of morpholine rings is 1. The van der Waals surface area contributed by atoms with Crippen molar-refractivity contribution in [2.45, 2.75) is 19.4 Å². The lowest BCUT2D eigenvalue weighted by molar-refractivity contribution is -0.116. The first-order valence-corrected chi connectivity index (χ1v) is 11.1. The number of aryl methyl sites for hydroxylation is 1. The van der Waals surface area contributed by atoms with Gasteiger partial charge in [0.1, 0.15) is 11.5 Å². The van der Waals surface area contributed by atoms with Crippen LogP contribution in [0, 0.1) is 23.0 Å². The van der Waals surface area contributed by atoms with E-state index in [1.165, 1.54) is 23.0 Å². The van der Waals surface area contributed by atoms with Gasteiger partial charge in [-0.3, -0.25) is 14.4 Å². The highest BCUT2D eigenvalue weighted by Gasteiger charge is 2.15. The van der Waals surface area contributed by atoms with Crippen LogP contribution < -0.4 is 10.6 Å². The van der Waals surface area contributed by atoms with E-state index in [1.54, 1.807) is 12.3 Å². The van der Waals surface area contributed by atoms with Crippen molar-refractivity contribution >= 4 is 23.2 Å². The van der Waals surface area contributed by atoms with Crippen LogP contribution in [0.4, 0.5) is 26.1 Å². The minimum absolute atomic E-state index is 0.0235. The average molecular weight is 482 g/mol. The molecule has 1 aliphatic rings. The number of hydrogen-bond acceptors (Lipinski definition) is 8. The second kappa shape index (κ2) is 11.5. The topological polar surface area (TPSA) is 121 Å². The third-order valence-electron chi connectivity index (χ3n) is 5.36. The molecular weight excluding hydrogens is 458 g/mol. The van der Waals surface area contributed by atoms with Gasteiger partial charge in [0, 0.05) is 43.5 Å². The van der Waals surface area contributed by atoms with Crippen LogP contribution >= 0.6 is 0 Å². The molecule has 2 aromatic heterocycles. The van der Waals surface area contributed by atoms with Crippen LogP contribution in [0.3, 0.4) is 0 Å². The number of hydrogen-bond donors (Lipinski definition) is 2. The number of carbonyl (C=O) groups excluding carboxylic acids is 1. The normalized spacial score (nSPS) is 13.9. The largest absolute Gasteiger partial charge is 0.379 e. The smallest absolute Gasteiger partial charge is 0.227 e. The monoisotopic (exact) mass is 482 g/mol. The number of aromatic nitrogens is 4. The highest BCUT2D eigenvalue weighted by molar-refractivity contribution is 5.91. The number of amides is 1. The van der Waals surface area contributed by atoms with E-state index in [1.807, 2.05) is 6.07 Å². The number of halogens is 2. The van der Waals surface area contributed by atoms with Crippen molar-refractivity contribution in [2.75, 3.05) is 43.5 Å². The summed E-state index contributed by atoms with van der Waals surface area (Å²) in [6.45, 7) is 3.81. The molecule has 0 bridgehead atoms. The van der Waals surface area contributed by atoms with Gasteiger partial charge in [0.15, 0.2) is 5.82 Å². The van der Waals surface area contributed by atoms with Crippen LogP contribution in [0.1, 0.15) is 12.8 Å². The molecule has 3 aromatic rings. The maximum Gasteiger partial charge on any atom is 0.227 e. The molecule has 0 radical (unpaired) electrons. The Kier molecular flexibility index (Phi) is 7.92. The van der Waals surface area contributed by atoms with Crippen LogP contribution in [0.2, 0.25) is 0 Å². The fourth-order valence-corrected chi connectivity index (χ4v) is 3.52. The molecule has 1 fully saturated rings. The zero-order chi connectivity index (χ0) is 24.6. The minimum Gasteiger partial charge on any atom is -0.379 e. The van der Waals surface area contributed by atoms with Gasteiger partial charge in [-0.15, -0.1) is 0 Å². The predicted molar refractivity (Wildman–Crippen MR) is 124 cm³/mol. The molecule has 1 aliphatic heterocycles. The summed E-state index contributed by atoms with van der Waals surface area (Å²) in [4.78, 5) is 22.4. The summed E-state index contributed by atoms with van der Waals surface area (Å²) in [6.07, 6.45) is 4.57. The molecule has 1 aromatic carbocycles. The van der Waals surface area contributed by atoms with Crippen molar-refractivity contribution in [3.05, 3.63) is 48.4 Å². The third kappa shape index (κ3) is 6.56. The lowest BCUT2D eigenvalue weighted by atomic mass is 10.2. The molecule has 0 saturated carbocycles. The Bertz CT molecular complexity index is 1220. The van der Waals surface area contributed by atoms with E-state index >= 15 is 0 Å². The van der Waals surface area contributed by atoms with Gasteiger partial charge in [-0.2, -0.15) is 10.4 Å². The molecule has 182 valence electrons. The van der Waals surface area contributed by atoms with Crippen LogP contribution in [0.5, 0.6) is 0 Å². The molecule has 35 heavy (non-hydrogen) atoms. The van der Waals surface area contributed by atoms with Crippen LogP contribution in [0.15, 0.2) is 36.8 Å². The van der Waals surface area contributed by atoms with Gasteiger partial charge in [0.2, 0.25) is 11.9 Å². The van der Waals surface area contributed by atoms with Crippen molar-refractivity contribution in [3.8, 4) is 17.3 Å². The Morgan fingerprint density at radius 2 is 2.00 bits per heavy atom. The number of rotatable bonds is 9. The summed E-state index contributed by atoms with van der Waals surface area (Å²) in [5.74, 6) is -1.49. The first kappa shape index (κ1) is 24.2. The molecule has 2 N–H and O–H groups in total. The lowest BCUT2D eigenvalue weighted by Gasteiger charge is -2.26. The Hall–Kier alpha value is -3.95. The number of benzene rings is 1. The van der Waals surface area contributed by atoms with Crippen molar-refractivity contribution in [3.63, 3.8) is 0 Å². The Morgan fingerprint density at radius 3 is 2.77 bits per heavy atom. The SMILES string of the molecule is N#CCCn1cc(-c2nc(Nc3ccc(NC(=O)CCN4CCOCC4)c(F)c3)ncc2F)cn1. The van der Waals surface area contributed by atoms with Gasteiger partial charge in [0.25, 0.3) is 0 Å².